The molecule has 1 fully saturated rings. The molecule has 1 saturated carbocycles. The van der Waals surface area contributed by atoms with E-state index in [-0.39, 0.29) is 18.2 Å². The number of hydrogen-bond acceptors (Lipinski definition) is 4. The zero-order chi connectivity index (χ0) is 15.0. The highest BCUT2D eigenvalue weighted by Crippen LogP contribution is 2.28. The van der Waals surface area contributed by atoms with Gasteiger partial charge in [-0.1, -0.05) is 6.42 Å². The standard InChI is InChI=1S/C14H23NO4S/c1-10-7-13(11(2)19-10)14(3,16)9-15-20(17,18)8-12-5-4-6-12/h7,12,15-16H,4-6,8-9H2,1-3H3. The van der Waals surface area contributed by atoms with Crippen molar-refractivity contribution >= 4 is 10.0 Å². The first kappa shape index (κ1) is 15.5. The van der Waals surface area contributed by atoms with Crippen LogP contribution in [0.4, 0.5) is 0 Å². The molecule has 0 saturated heterocycles. The lowest BCUT2D eigenvalue weighted by atomic mass is 9.87. The normalized spacial score (nSPS) is 19.6. The quantitative estimate of drug-likeness (QED) is 0.840. The van der Waals surface area contributed by atoms with Gasteiger partial charge in [-0.3, -0.25) is 0 Å². The van der Waals surface area contributed by atoms with Crippen LogP contribution in [-0.2, 0) is 15.6 Å². The Kier molecular flexibility index (Phi) is 4.27. The van der Waals surface area contributed by atoms with Gasteiger partial charge in [-0.15, -0.1) is 0 Å². The van der Waals surface area contributed by atoms with Crippen LogP contribution in [0.25, 0.3) is 0 Å². The molecule has 0 bridgehead atoms. The van der Waals surface area contributed by atoms with E-state index in [0.717, 1.165) is 19.3 Å². The van der Waals surface area contributed by atoms with Gasteiger partial charge in [0.05, 0.1) is 5.75 Å². The van der Waals surface area contributed by atoms with Crippen molar-refractivity contribution in [2.45, 2.75) is 45.6 Å². The van der Waals surface area contributed by atoms with E-state index in [0.29, 0.717) is 17.1 Å². The van der Waals surface area contributed by atoms with Crippen LogP contribution >= 0.6 is 0 Å². The molecule has 1 aliphatic rings. The first-order valence-corrected chi connectivity index (χ1v) is 8.62. The van der Waals surface area contributed by atoms with Crippen molar-refractivity contribution in [3.8, 4) is 0 Å². The molecule has 5 nitrogen and oxygen atoms in total. The Morgan fingerprint density at radius 1 is 1.45 bits per heavy atom. The van der Waals surface area contributed by atoms with Crippen molar-refractivity contribution in [3.63, 3.8) is 0 Å². The summed E-state index contributed by atoms with van der Waals surface area (Å²) in [6.45, 7) is 5.12. The van der Waals surface area contributed by atoms with E-state index in [4.69, 9.17) is 4.42 Å². The molecule has 1 aromatic rings. The monoisotopic (exact) mass is 301 g/mol. The average Bonchev–Trinajstić information content (AvgIpc) is 2.62. The predicted octanol–water partition coefficient (Wildman–Crippen LogP) is 1.82. The number of furan rings is 1. The summed E-state index contributed by atoms with van der Waals surface area (Å²) in [6.07, 6.45) is 3.08. The third-order valence-corrected chi connectivity index (χ3v) is 5.43. The fraction of sp³-hybridized carbons (Fsp3) is 0.714. The molecule has 1 unspecified atom stereocenters. The van der Waals surface area contributed by atoms with Gasteiger partial charge in [0.15, 0.2) is 0 Å². The molecular formula is C14H23NO4S. The van der Waals surface area contributed by atoms with E-state index >= 15 is 0 Å². The number of sulfonamides is 1. The first-order valence-electron chi connectivity index (χ1n) is 6.97. The van der Waals surface area contributed by atoms with Crippen LogP contribution in [0.3, 0.4) is 0 Å². The molecule has 1 aliphatic carbocycles. The second-order valence-electron chi connectivity index (χ2n) is 6.00. The fourth-order valence-electron chi connectivity index (χ4n) is 2.54. The topological polar surface area (TPSA) is 79.5 Å². The molecule has 20 heavy (non-hydrogen) atoms. The lowest BCUT2D eigenvalue weighted by Gasteiger charge is -2.27. The van der Waals surface area contributed by atoms with Gasteiger partial charge in [-0.05, 0) is 45.6 Å². The van der Waals surface area contributed by atoms with Crippen LogP contribution in [0, 0.1) is 19.8 Å². The Bertz CT molecular complexity index is 570. The summed E-state index contributed by atoms with van der Waals surface area (Å²) in [5, 5.41) is 10.5. The van der Waals surface area contributed by atoms with Crippen LogP contribution in [0.15, 0.2) is 10.5 Å². The minimum Gasteiger partial charge on any atom is -0.466 e. The van der Waals surface area contributed by atoms with Crippen LogP contribution < -0.4 is 4.72 Å². The highest BCUT2D eigenvalue weighted by Gasteiger charge is 2.31. The molecular weight excluding hydrogens is 278 g/mol. The van der Waals surface area contributed by atoms with E-state index in [1.54, 1.807) is 26.8 Å². The molecule has 0 spiro atoms. The zero-order valence-electron chi connectivity index (χ0n) is 12.3. The van der Waals surface area contributed by atoms with E-state index < -0.39 is 15.6 Å². The molecule has 2 rings (SSSR count). The largest absolute Gasteiger partial charge is 0.466 e. The highest BCUT2D eigenvalue weighted by atomic mass is 32.2. The van der Waals surface area contributed by atoms with Crippen LogP contribution in [0.2, 0.25) is 0 Å². The highest BCUT2D eigenvalue weighted by molar-refractivity contribution is 7.89. The summed E-state index contributed by atoms with van der Waals surface area (Å²) in [6, 6.07) is 1.75. The SMILES string of the molecule is Cc1cc(C(C)(O)CNS(=O)(=O)CC2CCC2)c(C)o1. The van der Waals surface area contributed by atoms with Gasteiger partial charge in [0, 0.05) is 12.1 Å². The van der Waals surface area contributed by atoms with Crippen LogP contribution in [0.5, 0.6) is 0 Å². The molecule has 0 radical (unpaired) electrons. The lowest BCUT2D eigenvalue weighted by Crippen LogP contribution is -2.41. The van der Waals surface area contributed by atoms with Crippen LogP contribution in [-0.4, -0.2) is 25.8 Å². The maximum Gasteiger partial charge on any atom is 0.211 e. The van der Waals surface area contributed by atoms with Crippen molar-refractivity contribution < 1.29 is 17.9 Å². The third-order valence-electron chi connectivity index (χ3n) is 3.94. The van der Waals surface area contributed by atoms with Gasteiger partial charge in [0.2, 0.25) is 10.0 Å². The molecule has 0 aromatic carbocycles. The van der Waals surface area contributed by atoms with E-state index in [2.05, 4.69) is 4.72 Å². The second-order valence-corrected chi connectivity index (χ2v) is 7.85. The number of hydrogen-bond donors (Lipinski definition) is 2. The van der Waals surface area contributed by atoms with Gasteiger partial charge in [-0.2, -0.15) is 0 Å². The summed E-state index contributed by atoms with van der Waals surface area (Å²) < 4.78 is 31.8. The van der Waals surface area contributed by atoms with Crippen molar-refractivity contribution in [1.82, 2.24) is 4.72 Å². The maximum atomic E-state index is 12.0. The minimum absolute atomic E-state index is 0.0398. The van der Waals surface area contributed by atoms with E-state index in [1.165, 1.54) is 0 Å². The Morgan fingerprint density at radius 3 is 2.55 bits per heavy atom. The van der Waals surface area contributed by atoms with Crippen molar-refractivity contribution in [1.29, 1.82) is 0 Å². The van der Waals surface area contributed by atoms with E-state index in [1.807, 2.05) is 0 Å². The molecule has 6 heteroatoms. The number of nitrogens with one attached hydrogen (secondary N) is 1. The smallest absolute Gasteiger partial charge is 0.211 e. The number of aliphatic hydroxyl groups is 1. The summed E-state index contributed by atoms with van der Waals surface area (Å²) in [5.41, 5.74) is -0.643. The van der Waals surface area contributed by atoms with Crippen molar-refractivity contribution in [3.05, 3.63) is 23.2 Å². The predicted molar refractivity (Wildman–Crippen MR) is 76.9 cm³/mol. The first-order chi connectivity index (χ1) is 9.20. The summed E-state index contributed by atoms with van der Waals surface area (Å²) in [4.78, 5) is 0. The summed E-state index contributed by atoms with van der Waals surface area (Å²) in [5.74, 6) is 1.75. The Morgan fingerprint density at radius 2 is 2.10 bits per heavy atom. The Balaban J connectivity index is 1.99. The Hall–Kier alpha value is -0.850. The molecule has 1 aromatic heterocycles. The van der Waals surface area contributed by atoms with Crippen molar-refractivity contribution in [2.24, 2.45) is 5.92 Å². The maximum absolute atomic E-state index is 12.0. The van der Waals surface area contributed by atoms with Gasteiger partial charge in [0.25, 0.3) is 0 Å². The number of aryl methyl sites for hydroxylation is 2. The molecule has 1 heterocycles. The molecule has 1 atom stereocenters. The number of rotatable bonds is 6. The average molecular weight is 301 g/mol. The summed E-state index contributed by atoms with van der Waals surface area (Å²) >= 11 is 0. The lowest BCUT2D eigenvalue weighted by molar-refractivity contribution is 0.0611. The van der Waals surface area contributed by atoms with Crippen molar-refractivity contribution in [2.75, 3.05) is 12.3 Å². The minimum atomic E-state index is -3.33. The zero-order valence-corrected chi connectivity index (χ0v) is 13.1. The third kappa shape index (κ3) is 3.62. The molecule has 0 aliphatic heterocycles. The molecule has 2 N–H and O–H groups in total. The van der Waals surface area contributed by atoms with Gasteiger partial charge in [-0.25, -0.2) is 13.1 Å². The fourth-order valence-corrected chi connectivity index (χ4v) is 4.11. The summed E-state index contributed by atoms with van der Waals surface area (Å²) in [7, 11) is -3.33. The van der Waals surface area contributed by atoms with Gasteiger partial charge >= 0.3 is 0 Å². The second kappa shape index (κ2) is 5.50. The molecule has 0 amide bonds. The Labute approximate surface area is 120 Å². The molecule has 114 valence electrons. The van der Waals surface area contributed by atoms with Gasteiger partial charge in [0.1, 0.15) is 17.1 Å². The van der Waals surface area contributed by atoms with E-state index in [9.17, 15) is 13.5 Å². The van der Waals surface area contributed by atoms with Crippen LogP contribution in [0.1, 0.15) is 43.3 Å². The van der Waals surface area contributed by atoms with Gasteiger partial charge < -0.3 is 9.52 Å².